The van der Waals surface area contributed by atoms with Gasteiger partial charge in [-0.05, 0) is 32.0 Å². The van der Waals surface area contributed by atoms with Crippen molar-refractivity contribution in [1.29, 1.82) is 0 Å². The maximum atomic E-state index is 11.1. The summed E-state index contributed by atoms with van der Waals surface area (Å²) in [5.74, 6) is -0.141. The Kier molecular flexibility index (Phi) is 4.62. The number of nitrogens with zero attached hydrogens (tertiary/aromatic N) is 1. The first-order chi connectivity index (χ1) is 9.45. The third kappa shape index (κ3) is 3.71. The molecule has 20 heavy (non-hydrogen) atoms. The lowest BCUT2D eigenvalue weighted by Crippen LogP contribution is -2.07. The Bertz CT molecular complexity index is 639. The maximum absolute atomic E-state index is 11.1. The van der Waals surface area contributed by atoms with Crippen LogP contribution in [0.15, 0.2) is 18.2 Å². The van der Waals surface area contributed by atoms with Gasteiger partial charge in [0.05, 0.1) is 28.0 Å². The van der Waals surface area contributed by atoms with Crippen molar-refractivity contribution in [2.24, 2.45) is 0 Å². The SMILES string of the molecule is CC(=O)Nc1cc(NCc2sc(C)nc2C)ccc1Cl. The van der Waals surface area contributed by atoms with Crippen molar-refractivity contribution in [1.82, 2.24) is 4.98 Å². The molecule has 2 N–H and O–H groups in total. The van der Waals surface area contributed by atoms with Gasteiger partial charge in [-0.3, -0.25) is 4.79 Å². The molecule has 2 aromatic rings. The second-order valence-electron chi connectivity index (χ2n) is 4.47. The van der Waals surface area contributed by atoms with Gasteiger partial charge in [-0.1, -0.05) is 11.6 Å². The summed E-state index contributed by atoms with van der Waals surface area (Å²) in [6, 6.07) is 5.48. The molecule has 1 aromatic heterocycles. The summed E-state index contributed by atoms with van der Waals surface area (Å²) in [5, 5.41) is 7.61. The van der Waals surface area contributed by atoms with E-state index in [2.05, 4.69) is 15.6 Å². The van der Waals surface area contributed by atoms with Gasteiger partial charge in [0.2, 0.25) is 5.91 Å². The average molecular weight is 310 g/mol. The summed E-state index contributed by atoms with van der Waals surface area (Å²) in [6.07, 6.45) is 0. The van der Waals surface area contributed by atoms with Gasteiger partial charge in [0.25, 0.3) is 0 Å². The second-order valence-corrected chi connectivity index (χ2v) is 6.17. The number of aromatic nitrogens is 1. The summed E-state index contributed by atoms with van der Waals surface area (Å²) in [5.41, 5.74) is 2.57. The molecule has 106 valence electrons. The second kappa shape index (κ2) is 6.24. The lowest BCUT2D eigenvalue weighted by Gasteiger charge is -2.10. The molecule has 4 nitrogen and oxygen atoms in total. The first-order valence-electron chi connectivity index (χ1n) is 6.19. The number of hydrogen-bond acceptors (Lipinski definition) is 4. The standard InChI is InChI=1S/C14H16ClN3OS/c1-8-14(20-10(3)17-8)7-16-11-4-5-12(15)13(6-11)18-9(2)19/h4-6,16H,7H2,1-3H3,(H,18,19). The summed E-state index contributed by atoms with van der Waals surface area (Å²) in [7, 11) is 0. The van der Waals surface area contributed by atoms with E-state index >= 15 is 0 Å². The fourth-order valence-electron chi connectivity index (χ4n) is 1.84. The first kappa shape index (κ1) is 14.8. The van der Waals surface area contributed by atoms with Crippen molar-refractivity contribution in [2.45, 2.75) is 27.3 Å². The molecule has 0 saturated heterocycles. The van der Waals surface area contributed by atoms with Crippen LogP contribution in [0.4, 0.5) is 11.4 Å². The third-order valence-corrected chi connectivity index (χ3v) is 4.13. The molecule has 0 aliphatic heterocycles. The van der Waals surface area contributed by atoms with Crippen LogP contribution in [-0.4, -0.2) is 10.9 Å². The smallest absolute Gasteiger partial charge is 0.221 e. The lowest BCUT2D eigenvalue weighted by molar-refractivity contribution is -0.114. The van der Waals surface area contributed by atoms with E-state index in [1.165, 1.54) is 11.8 Å². The molecule has 1 amide bonds. The summed E-state index contributed by atoms with van der Waals surface area (Å²) >= 11 is 7.72. The number of benzene rings is 1. The molecule has 1 aromatic carbocycles. The number of rotatable bonds is 4. The highest BCUT2D eigenvalue weighted by Crippen LogP contribution is 2.26. The van der Waals surface area contributed by atoms with Crippen LogP contribution in [0.3, 0.4) is 0 Å². The molecule has 0 saturated carbocycles. The Labute approximate surface area is 127 Å². The van der Waals surface area contributed by atoms with Gasteiger partial charge in [-0.2, -0.15) is 0 Å². The van der Waals surface area contributed by atoms with E-state index in [9.17, 15) is 4.79 Å². The predicted molar refractivity (Wildman–Crippen MR) is 84.7 cm³/mol. The minimum Gasteiger partial charge on any atom is -0.380 e. The van der Waals surface area contributed by atoms with Crippen LogP contribution >= 0.6 is 22.9 Å². The molecule has 0 radical (unpaired) electrons. The van der Waals surface area contributed by atoms with Crippen LogP contribution in [0.5, 0.6) is 0 Å². The highest BCUT2D eigenvalue weighted by molar-refractivity contribution is 7.11. The third-order valence-electron chi connectivity index (χ3n) is 2.73. The molecule has 6 heteroatoms. The van der Waals surface area contributed by atoms with Gasteiger partial charge in [-0.25, -0.2) is 4.98 Å². The number of halogens is 1. The van der Waals surface area contributed by atoms with E-state index in [0.29, 0.717) is 17.3 Å². The number of carbonyl (C=O) groups is 1. The van der Waals surface area contributed by atoms with Gasteiger partial charge in [0, 0.05) is 17.5 Å². The first-order valence-corrected chi connectivity index (χ1v) is 7.39. The van der Waals surface area contributed by atoms with Crippen LogP contribution in [0.1, 0.15) is 22.5 Å². The van der Waals surface area contributed by atoms with Gasteiger partial charge >= 0.3 is 0 Å². The number of aryl methyl sites for hydroxylation is 2. The molecular weight excluding hydrogens is 294 g/mol. The summed E-state index contributed by atoms with van der Waals surface area (Å²) < 4.78 is 0. The van der Waals surface area contributed by atoms with Crippen molar-refractivity contribution in [3.05, 3.63) is 38.8 Å². The molecule has 0 atom stereocenters. The fourth-order valence-corrected chi connectivity index (χ4v) is 2.88. The number of amides is 1. The molecule has 2 rings (SSSR count). The van der Waals surface area contributed by atoms with Crippen LogP contribution in [0, 0.1) is 13.8 Å². The van der Waals surface area contributed by atoms with E-state index in [4.69, 9.17) is 11.6 Å². The Hall–Kier alpha value is -1.59. The highest BCUT2D eigenvalue weighted by atomic mass is 35.5. The molecule has 0 unspecified atom stereocenters. The predicted octanol–water partition coefficient (Wildman–Crippen LogP) is 3.98. The van der Waals surface area contributed by atoms with Crippen LogP contribution in [-0.2, 0) is 11.3 Å². The minimum absolute atomic E-state index is 0.141. The van der Waals surface area contributed by atoms with Crippen molar-refractivity contribution < 1.29 is 4.79 Å². The average Bonchev–Trinajstić information content (AvgIpc) is 2.68. The van der Waals surface area contributed by atoms with E-state index < -0.39 is 0 Å². The highest BCUT2D eigenvalue weighted by Gasteiger charge is 2.06. The molecule has 0 fully saturated rings. The summed E-state index contributed by atoms with van der Waals surface area (Å²) in [4.78, 5) is 16.7. The molecular formula is C14H16ClN3OS. The Balaban J connectivity index is 2.10. The summed E-state index contributed by atoms with van der Waals surface area (Å²) in [6.45, 7) is 6.17. The van der Waals surface area contributed by atoms with Crippen LogP contribution < -0.4 is 10.6 Å². The number of thiazole rings is 1. The van der Waals surface area contributed by atoms with Crippen molar-refractivity contribution in [3.63, 3.8) is 0 Å². The Morgan fingerprint density at radius 2 is 2.15 bits per heavy atom. The molecule has 1 heterocycles. The quantitative estimate of drug-likeness (QED) is 0.898. The van der Waals surface area contributed by atoms with Gasteiger partial charge in [0.1, 0.15) is 0 Å². The fraction of sp³-hybridized carbons (Fsp3) is 0.286. The van der Waals surface area contributed by atoms with Crippen molar-refractivity contribution in [2.75, 3.05) is 10.6 Å². The largest absolute Gasteiger partial charge is 0.380 e. The van der Waals surface area contributed by atoms with E-state index in [1.807, 2.05) is 26.0 Å². The van der Waals surface area contributed by atoms with E-state index in [1.54, 1.807) is 17.4 Å². The zero-order chi connectivity index (χ0) is 14.7. The topological polar surface area (TPSA) is 54.0 Å². The van der Waals surface area contributed by atoms with Crippen molar-refractivity contribution in [3.8, 4) is 0 Å². The normalized spacial score (nSPS) is 10.4. The monoisotopic (exact) mass is 309 g/mol. The van der Waals surface area contributed by atoms with E-state index in [-0.39, 0.29) is 5.91 Å². The van der Waals surface area contributed by atoms with Crippen molar-refractivity contribution >= 4 is 40.2 Å². The Morgan fingerprint density at radius 1 is 1.40 bits per heavy atom. The number of carbonyl (C=O) groups excluding carboxylic acids is 1. The lowest BCUT2D eigenvalue weighted by atomic mass is 10.2. The van der Waals surface area contributed by atoms with Crippen LogP contribution in [0.25, 0.3) is 0 Å². The van der Waals surface area contributed by atoms with Gasteiger partial charge < -0.3 is 10.6 Å². The zero-order valence-electron chi connectivity index (χ0n) is 11.6. The molecule has 0 aliphatic carbocycles. The minimum atomic E-state index is -0.141. The molecule has 0 aliphatic rings. The number of nitrogens with one attached hydrogen (secondary N) is 2. The number of anilines is 2. The van der Waals surface area contributed by atoms with E-state index in [0.717, 1.165) is 16.4 Å². The zero-order valence-corrected chi connectivity index (χ0v) is 13.2. The van der Waals surface area contributed by atoms with Gasteiger partial charge in [-0.15, -0.1) is 11.3 Å². The Morgan fingerprint density at radius 3 is 2.75 bits per heavy atom. The maximum Gasteiger partial charge on any atom is 0.221 e. The van der Waals surface area contributed by atoms with Crippen LogP contribution in [0.2, 0.25) is 5.02 Å². The van der Waals surface area contributed by atoms with Gasteiger partial charge in [0.15, 0.2) is 0 Å². The molecule has 0 spiro atoms. The number of hydrogen-bond donors (Lipinski definition) is 2. The molecule has 0 bridgehead atoms.